The Morgan fingerprint density at radius 3 is 2.65 bits per heavy atom. The van der Waals surface area contributed by atoms with Crippen LogP contribution in [0.1, 0.15) is 41.6 Å². The van der Waals surface area contributed by atoms with Gasteiger partial charge in [-0.15, -0.1) is 0 Å². The van der Waals surface area contributed by atoms with Gasteiger partial charge in [0.2, 0.25) is 0 Å². The van der Waals surface area contributed by atoms with Gasteiger partial charge in [-0.1, -0.05) is 47.1 Å². The zero-order chi connectivity index (χ0) is 17.0. The molecule has 0 spiro atoms. The first-order valence-corrected chi connectivity index (χ1v) is 7.88. The van der Waals surface area contributed by atoms with Crippen LogP contribution < -0.4 is 0 Å². The summed E-state index contributed by atoms with van der Waals surface area (Å²) in [5.74, 6) is -0.864. The van der Waals surface area contributed by atoms with E-state index < -0.39 is 18.4 Å². The normalized spacial score (nSPS) is 10.8. The number of amides is 1. The number of aliphatic carboxylic acids is 1. The lowest BCUT2D eigenvalue weighted by Gasteiger charge is -2.19. The molecular formula is C16H17BrN2O4. The van der Waals surface area contributed by atoms with Crippen molar-refractivity contribution < 1.29 is 19.2 Å². The van der Waals surface area contributed by atoms with Crippen LogP contribution in [0.5, 0.6) is 0 Å². The van der Waals surface area contributed by atoms with E-state index in [2.05, 4.69) is 21.1 Å². The van der Waals surface area contributed by atoms with Crippen LogP contribution in [0.15, 0.2) is 39.3 Å². The molecule has 0 atom stereocenters. The van der Waals surface area contributed by atoms with Crippen LogP contribution >= 0.6 is 15.9 Å². The second-order valence-corrected chi connectivity index (χ2v) is 6.37. The number of carboxylic acid groups (broad SMARTS) is 1. The molecule has 1 aromatic heterocycles. The lowest BCUT2D eigenvalue weighted by atomic mass is 10.1. The highest BCUT2D eigenvalue weighted by Gasteiger charge is 2.23. The fourth-order valence-electron chi connectivity index (χ4n) is 2.04. The van der Waals surface area contributed by atoms with Crippen molar-refractivity contribution in [2.75, 3.05) is 6.54 Å². The van der Waals surface area contributed by atoms with Gasteiger partial charge in [0.1, 0.15) is 12.3 Å². The standard InChI is InChI=1S/C16H17BrN2O4/c1-10(2)14-7-13(18-23-14)16(22)19(9-15(20)21)8-11-4-3-5-12(17)6-11/h3-7,10H,8-9H2,1-2H3,(H,20,21). The number of rotatable bonds is 6. The second kappa shape index (κ2) is 7.41. The summed E-state index contributed by atoms with van der Waals surface area (Å²) in [7, 11) is 0. The van der Waals surface area contributed by atoms with Gasteiger partial charge >= 0.3 is 5.97 Å². The van der Waals surface area contributed by atoms with Gasteiger partial charge < -0.3 is 14.5 Å². The number of hydrogen-bond donors (Lipinski definition) is 1. The van der Waals surface area contributed by atoms with Crippen molar-refractivity contribution in [3.05, 3.63) is 51.8 Å². The third kappa shape index (κ3) is 4.66. The summed E-state index contributed by atoms with van der Waals surface area (Å²) in [6, 6.07) is 8.91. The lowest BCUT2D eigenvalue weighted by molar-refractivity contribution is -0.137. The summed E-state index contributed by atoms with van der Waals surface area (Å²) in [6.45, 7) is 3.61. The number of carbonyl (C=O) groups excluding carboxylic acids is 1. The molecule has 2 aromatic rings. The zero-order valence-electron chi connectivity index (χ0n) is 12.8. The SMILES string of the molecule is CC(C)c1cc(C(=O)N(CC(=O)O)Cc2cccc(Br)c2)no1. The molecule has 0 unspecified atom stereocenters. The summed E-state index contributed by atoms with van der Waals surface area (Å²) in [5.41, 5.74) is 0.937. The van der Waals surface area contributed by atoms with E-state index in [-0.39, 0.29) is 18.2 Å². The van der Waals surface area contributed by atoms with Crippen LogP contribution in [-0.2, 0) is 11.3 Å². The topological polar surface area (TPSA) is 83.6 Å². The number of carbonyl (C=O) groups is 2. The van der Waals surface area contributed by atoms with Crippen molar-refractivity contribution >= 4 is 27.8 Å². The average molecular weight is 381 g/mol. The smallest absolute Gasteiger partial charge is 0.323 e. The molecule has 23 heavy (non-hydrogen) atoms. The van der Waals surface area contributed by atoms with E-state index in [1.807, 2.05) is 38.1 Å². The Hall–Kier alpha value is -2.15. The maximum absolute atomic E-state index is 12.5. The van der Waals surface area contributed by atoms with E-state index in [0.717, 1.165) is 10.0 Å². The Morgan fingerprint density at radius 2 is 2.09 bits per heavy atom. The Kier molecular flexibility index (Phi) is 5.54. The number of aromatic nitrogens is 1. The molecule has 1 amide bonds. The lowest BCUT2D eigenvalue weighted by Crippen LogP contribution is -2.35. The molecule has 0 saturated carbocycles. The van der Waals surface area contributed by atoms with Crippen LogP contribution in [0.25, 0.3) is 0 Å². The number of benzene rings is 1. The average Bonchev–Trinajstić information content (AvgIpc) is 2.95. The van der Waals surface area contributed by atoms with Crippen LogP contribution in [0.4, 0.5) is 0 Å². The van der Waals surface area contributed by atoms with Crippen molar-refractivity contribution in [3.8, 4) is 0 Å². The quantitative estimate of drug-likeness (QED) is 0.830. The van der Waals surface area contributed by atoms with Gasteiger partial charge in [0.15, 0.2) is 5.69 Å². The minimum absolute atomic E-state index is 0.0991. The molecule has 0 fully saturated rings. The summed E-state index contributed by atoms with van der Waals surface area (Å²) in [4.78, 5) is 24.8. The number of nitrogens with zero attached hydrogens (tertiary/aromatic N) is 2. The van der Waals surface area contributed by atoms with Gasteiger partial charge in [0, 0.05) is 23.0 Å². The molecule has 0 aliphatic heterocycles. The Labute approximate surface area is 142 Å². The monoisotopic (exact) mass is 380 g/mol. The molecule has 7 heteroatoms. The molecule has 6 nitrogen and oxygen atoms in total. The molecule has 0 radical (unpaired) electrons. The van der Waals surface area contributed by atoms with Crippen molar-refractivity contribution in [1.82, 2.24) is 10.1 Å². The molecule has 0 aliphatic rings. The van der Waals surface area contributed by atoms with E-state index >= 15 is 0 Å². The second-order valence-electron chi connectivity index (χ2n) is 5.45. The van der Waals surface area contributed by atoms with Gasteiger partial charge in [0.05, 0.1) is 0 Å². The first-order valence-electron chi connectivity index (χ1n) is 7.09. The largest absolute Gasteiger partial charge is 0.480 e. The molecule has 122 valence electrons. The van der Waals surface area contributed by atoms with Crippen molar-refractivity contribution in [2.45, 2.75) is 26.3 Å². The summed E-state index contributed by atoms with van der Waals surface area (Å²) >= 11 is 3.36. The van der Waals surface area contributed by atoms with E-state index in [9.17, 15) is 9.59 Å². The zero-order valence-corrected chi connectivity index (χ0v) is 14.4. The molecule has 1 aromatic carbocycles. The highest BCUT2D eigenvalue weighted by atomic mass is 79.9. The van der Waals surface area contributed by atoms with Crippen molar-refractivity contribution in [1.29, 1.82) is 0 Å². The van der Waals surface area contributed by atoms with Crippen LogP contribution in [0.3, 0.4) is 0 Å². The molecular weight excluding hydrogens is 364 g/mol. The van der Waals surface area contributed by atoms with E-state index in [1.54, 1.807) is 6.07 Å². The Bertz CT molecular complexity index is 712. The fraction of sp³-hybridized carbons (Fsp3) is 0.312. The maximum Gasteiger partial charge on any atom is 0.323 e. The molecule has 0 bridgehead atoms. The molecule has 0 saturated heterocycles. The Morgan fingerprint density at radius 1 is 1.35 bits per heavy atom. The fourth-order valence-corrected chi connectivity index (χ4v) is 2.49. The van der Waals surface area contributed by atoms with Gasteiger partial charge in [-0.05, 0) is 17.7 Å². The number of carboxylic acids is 1. The first-order chi connectivity index (χ1) is 10.9. The minimum atomic E-state index is -1.08. The van der Waals surface area contributed by atoms with E-state index in [4.69, 9.17) is 9.63 Å². The first kappa shape index (κ1) is 17.2. The molecule has 1 N–H and O–H groups in total. The summed E-state index contributed by atoms with van der Waals surface area (Å²) in [6.07, 6.45) is 0. The van der Waals surface area contributed by atoms with E-state index in [1.165, 1.54) is 4.90 Å². The third-order valence-corrected chi connectivity index (χ3v) is 3.69. The van der Waals surface area contributed by atoms with Gasteiger partial charge in [0.25, 0.3) is 5.91 Å². The van der Waals surface area contributed by atoms with Gasteiger partial charge in [-0.2, -0.15) is 0 Å². The van der Waals surface area contributed by atoms with Crippen molar-refractivity contribution in [2.24, 2.45) is 0 Å². The predicted octanol–water partition coefficient (Wildman–Crippen LogP) is 3.29. The predicted molar refractivity (Wildman–Crippen MR) is 87.1 cm³/mol. The molecule has 2 rings (SSSR count). The van der Waals surface area contributed by atoms with Crippen LogP contribution in [-0.4, -0.2) is 33.6 Å². The molecule has 0 aliphatic carbocycles. The number of halogens is 1. The highest BCUT2D eigenvalue weighted by Crippen LogP contribution is 2.18. The molecule has 1 heterocycles. The maximum atomic E-state index is 12.5. The third-order valence-electron chi connectivity index (χ3n) is 3.19. The van der Waals surface area contributed by atoms with E-state index in [0.29, 0.717) is 5.76 Å². The van der Waals surface area contributed by atoms with Crippen LogP contribution in [0.2, 0.25) is 0 Å². The minimum Gasteiger partial charge on any atom is -0.480 e. The Balaban J connectivity index is 2.22. The summed E-state index contributed by atoms with van der Waals surface area (Å²) < 4.78 is 5.98. The highest BCUT2D eigenvalue weighted by molar-refractivity contribution is 9.10. The number of hydrogen-bond acceptors (Lipinski definition) is 4. The summed E-state index contributed by atoms with van der Waals surface area (Å²) in [5, 5.41) is 12.8. The van der Waals surface area contributed by atoms with Gasteiger partial charge in [-0.25, -0.2) is 0 Å². The van der Waals surface area contributed by atoms with Crippen LogP contribution in [0, 0.1) is 0 Å². The van der Waals surface area contributed by atoms with Gasteiger partial charge in [-0.3, -0.25) is 9.59 Å². The van der Waals surface area contributed by atoms with Crippen molar-refractivity contribution in [3.63, 3.8) is 0 Å².